The molecule has 0 aliphatic rings. The van der Waals surface area contributed by atoms with Crippen LogP contribution in [-0.2, 0) is 10.0 Å². The first-order valence-corrected chi connectivity index (χ1v) is 10.9. The van der Waals surface area contributed by atoms with Crippen molar-refractivity contribution < 1.29 is 28.2 Å². The first-order chi connectivity index (χ1) is 15.3. The minimum absolute atomic E-state index is 0.0283. The Labute approximate surface area is 180 Å². The molecule has 1 aromatic heterocycles. The van der Waals surface area contributed by atoms with Gasteiger partial charge in [0.2, 0.25) is 5.43 Å². The van der Waals surface area contributed by atoms with E-state index in [9.17, 15) is 28.5 Å². The van der Waals surface area contributed by atoms with Gasteiger partial charge in [-0.15, -0.1) is 0 Å². The fourth-order valence-electron chi connectivity index (χ4n) is 3.72. The van der Waals surface area contributed by atoms with E-state index in [1.165, 1.54) is 24.3 Å². The largest absolute Gasteiger partial charge is 0.507 e. The SMILES string of the molecule is O=c1c2c(O)cccc2oc2cc(NS(=O)(=O)c3cccc4ccccc34)c(O)c(O)c12. The van der Waals surface area contributed by atoms with E-state index in [0.717, 1.165) is 6.07 Å². The normalized spacial score (nSPS) is 11.9. The summed E-state index contributed by atoms with van der Waals surface area (Å²) in [6, 6.07) is 17.0. The van der Waals surface area contributed by atoms with Crippen LogP contribution in [0.4, 0.5) is 5.69 Å². The van der Waals surface area contributed by atoms with Crippen LogP contribution in [0.5, 0.6) is 17.2 Å². The van der Waals surface area contributed by atoms with Gasteiger partial charge in [0.05, 0.1) is 10.6 Å². The summed E-state index contributed by atoms with van der Waals surface area (Å²) in [5.41, 5.74) is -1.27. The molecule has 0 aliphatic carbocycles. The molecular formula is C23H15NO7S. The van der Waals surface area contributed by atoms with E-state index in [-0.39, 0.29) is 38.3 Å². The second kappa shape index (κ2) is 6.89. The Morgan fingerprint density at radius 2 is 1.50 bits per heavy atom. The van der Waals surface area contributed by atoms with Gasteiger partial charge in [0.25, 0.3) is 10.0 Å². The number of anilines is 1. The zero-order valence-electron chi connectivity index (χ0n) is 16.2. The van der Waals surface area contributed by atoms with Crippen LogP contribution in [-0.4, -0.2) is 23.7 Å². The van der Waals surface area contributed by atoms with Gasteiger partial charge in [-0.1, -0.05) is 42.5 Å². The van der Waals surface area contributed by atoms with Gasteiger partial charge in [-0.05, 0) is 23.6 Å². The zero-order valence-corrected chi connectivity index (χ0v) is 17.1. The lowest BCUT2D eigenvalue weighted by Crippen LogP contribution is -2.14. The summed E-state index contributed by atoms with van der Waals surface area (Å²) in [7, 11) is -4.19. The van der Waals surface area contributed by atoms with Gasteiger partial charge in [0, 0.05) is 11.5 Å². The number of benzene rings is 4. The Hall–Kier alpha value is -4.24. The number of phenolic OH excluding ortho intramolecular Hbond substituents is 3. The van der Waals surface area contributed by atoms with Gasteiger partial charge in [-0.2, -0.15) is 0 Å². The Balaban J connectivity index is 1.72. The number of sulfonamides is 1. The maximum atomic E-state index is 13.1. The maximum absolute atomic E-state index is 13.1. The van der Waals surface area contributed by atoms with E-state index >= 15 is 0 Å². The van der Waals surface area contributed by atoms with Crippen LogP contribution in [0.25, 0.3) is 32.7 Å². The molecule has 0 amide bonds. The van der Waals surface area contributed by atoms with Crippen molar-refractivity contribution in [2.75, 3.05) is 4.72 Å². The molecule has 0 atom stereocenters. The van der Waals surface area contributed by atoms with Crippen LogP contribution in [0, 0.1) is 0 Å². The molecular weight excluding hydrogens is 434 g/mol. The average Bonchev–Trinajstić information content (AvgIpc) is 2.76. The Bertz CT molecular complexity index is 1720. The molecule has 0 fully saturated rings. The fraction of sp³-hybridized carbons (Fsp3) is 0. The highest BCUT2D eigenvalue weighted by Crippen LogP contribution is 2.41. The highest BCUT2D eigenvalue weighted by Gasteiger charge is 2.24. The molecule has 5 aromatic rings. The summed E-state index contributed by atoms with van der Waals surface area (Å²) in [4.78, 5) is 12.8. The monoisotopic (exact) mass is 449 g/mol. The van der Waals surface area contributed by atoms with E-state index in [2.05, 4.69) is 4.72 Å². The zero-order chi connectivity index (χ0) is 22.6. The standard InChI is InChI=1S/C23H15NO7S/c25-15-8-4-9-16-19(15)22(27)20-17(31-16)11-14(21(26)23(20)28)24-32(29,30)18-10-3-6-12-5-1-2-7-13(12)18/h1-11,24-26,28H. The number of nitrogens with one attached hydrogen (secondary N) is 1. The summed E-state index contributed by atoms with van der Waals surface area (Å²) in [6.07, 6.45) is 0. The van der Waals surface area contributed by atoms with E-state index in [4.69, 9.17) is 4.42 Å². The third-order valence-corrected chi connectivity index (χ3v) is 6.62. The fourth-order valence-corrected chi connectivity index (χ4v) is 5.01. The molecule has 5 rings (SSSR count). The molecule has 4 N–H and O–H groups in total. The second-order valence-corrected chi connectivity index (χ2v) is 8.81. The first kappa shape index (κ1) is 19.7. The molecule has 8 nitrogen and oxygen atoms in total. The summed E-state index contributed by atoms with van der Waals surface area (Å²) in [5.74, 6) is -2.06. The summed E-state index contributed by atoms with van der Waals surface area (Å²) >= 11 is 0. The molecule has 0 saturated heterocycles. The van der Waals surface area contributed by atoms with Crippen LogP contribution >= 0.6 is 0 Å². The molecule has 0 spiro atoms. The van der Waals surface area contributed by atoms with Crippen molar-refractivity contribution in [1.82, 2.24) is 0 Å². The van der Waals surface area contributed by atoms with E-state index in [0.29, 0.717) is 10.8 Å². The van der Waals surface area contributed by atoms with Crippen LogP contribution in [0.1, 0.15) is 0 Å². The van der Waals surface area contributed by atoms with E-state index < -0.39 is 27.0 Å². The molecule has 32 heavy (non-hydrogen) atoms. The molecule has 160 valence electrons. The molecule has 0 radical (unpaired) electrons. The lowest BCUT2D eigenvalue weighted by Gasteiger charge is -2.14. The molecule has 4 aromatic carbocycles. The van der Waals surface area contributed by atoms with E-state index in [1.54, 1.807) is 36.4 Å². The quantitative estimate of drug-likeness (QED) is 0.241. The van der Waals surface area contributed by atoms with Crippen LogP contribution in [0.3, 0.4) is 0 Å². The predicted octanol–water partition coefficient (Wildman–Crippen LogP) is 4.02. The smallest absolute Gasteiger partial charge is 0.262 e. The van der Waals surface area contributed by atoms with Crippen molar-refractivity contribution in [3.63, 3.8) is 0 Å². The number of rotatable bonds is 3. The van der Waals surface area contributed by atoms with Gasteiger partial charge in [0.1, 0.15) is 27.7 Å². The van der Waals surface area contributed by atoms with Gasteiger partial charge in [0.15, 0.2) is 11.5 Å². The van der Waals surface area contributed by atoms with Crippen molar-refractivity contribution in [1.29, 1.82) is 0 Å². The lowest BCUT2D eigenvalue weighted by molar-refractivity contribution is 0.409. The van der Waals surface area contributed by atoms with Crippen LogP contribution in [0.15, 0.2) is 80.8 Å². The van der Waals surface area contributed by atoms with Gasteiger partial charge < -0.3 is 19.7 Å². The first-order valence-electron chi connectivity index (χ1n) is 9.42. The maximum Gasteiger partial charge on any atom is 0.262 e. The number of hydrogen-bond donors (Lipinski definition) is 4. The summed E-state index contributed by atoms with van der Waals surface area (Å²) in [5, 5.41) is 31.6. The Kier molecular flexibility index (Phi) is 4.24. The third kappa shape index (κ3) is 2.90. The number of hydrogen-bond acceptors (Lipinski definition) is 7. The second-order valence-electron chi connectivity index (χ2n) is 7.16. The third-order valence-electron chi connectivity index (χ3n) is 5.20. The average molecular weight is 449 g/mol. The summed E-state index contributed by atoms with van der Waals surface area (Å²) in [6.45, 7) is 0. The minimum Gasteiger partial charge on any atom is -0.507 e. The van der Waals surface area contributed by atoms with Crippen LogP contribution < -0.4 is 10.2 Å². The van der Waals surface area contributed by atoms with E-state index in [1.807, 2.05) is 0 Å². The molecule has 9 heteroatoms. The van der Waals surface area contributed by atoms with Gasteiger partial charge in [-0.25, -0.2) is 8.42 Å². The number of fused-ring (bicyclic) bond motifs is 3. The molecule has 0 aliphatic heterocycles. The van der Waals surface area contributed by atoms with Crippen molar-refractivity contribution in [2.24, 2.45) is 0 Å². The Morgan fingerprint density at radius 3 is 2.31 bits per heavy atom. The van der Waals surface area contributed by atoms with Crippen molar-refractivity contribution in [2.45, 2.75) is 4.90 Å². The molecule has 0 saturated carbocycles. The van der Waals surface area contributed by atoms with Gasteiger partial charge in [-0.3, -0.25) is 9.52 Å². The van der Waals surface area contributed by atoms with Gasteiger partial charge >= 0.3 is 0 Å². The highest BCUT2D eigenvalue weighted by molar-refractivity contribution is 7.93. The molecule has 0 unspecified atom stereocenters. The summed E-state index contributed by atoms with van der Waals surface area (Å²) < 4.78 is 34.1. The minimum atomic E-state index is -4.19. The van der Waals surface area contributed by atoms with Crippen LogP contribution in [0.2, 0.25) is 0 Å². The van der Waals surface area contributed by atoms with Crippen molar-refractivity contribution in [3.8, 4) is 17.2 Å². The predicted molar refractivity (Wildman–Crippen MR) is 120 cm³/mol. The number of aromatic hydroxyl groups is 3. The molecule has 1 heterocycles. The number of phenols is 3. The Morgan fingerprint density at radius 1 is 0.781 bits per heavy atom. The highest BCUT2D eigenvalue weighted by atomic mass is 32.2. The lowest BCUT2D eigenvalue weighted by atomic mass is 10.1. The van der Waals surface area contributed by atoms with Crippen molar-refractivity contribution >= 4 is 48.4 Å². The topological polar surface area (TPSA) is 137 Å². The van der Waals surface area contributed by atoms with Crippen molar-refractivity contribution in [3.05, 3.63) is 77.0 Å². The molecule has 0 bridgehead atoms.